The number of hydrogen-bond donors (Lipinski definition) is 2. The molecule has 0 saturated carbocycles. The molecule has 3 rings (SSSR count). The number of nitrogens with zero attached hydrogens (tertiary/aromatic N) is 1. The van der Waals surface area contributed by atoms with E-state index in [-0.39, 0.29) is 6.03 Å². The number of amides is 2. The van der Waals surface area contributed by atoms with Crippen molar-refractivity contribution in [2.75, 3.05) is 19.6 Å². The van der Waals surface area contributed by atoms with Gasteiger partial charge in [0.1, 0.15) is 0 Å². The van der Waals surface area contributed by atoms with Gasteiger partial charge in [-0.05, 0) is 49.1 Å². The van der Waals surface area contributed by atoms with Crippen molar-refractivity contribution in [2.45, 2.75) is 38.0 Å². The zero-order chi connectivity index (χ0) is 16.2. The highest BCUT2D eigenvalue weighted by molar-refractivity contribution is 5.76. The summed E-state index contributed by atoms with van der Waals surface area (Å²) in [7, 11) is 0. The molecule has 1 heterocycles. The lowest BCUT2D eigenvalue weighted by Crippen LogP contribution is -2.47. The maximum Gasteiger partial charge on any atom is 0.317 e. The Bertz CT molecular complexity index is 587. The maximum absolute atomic E-state index is 12.2. The first-order chi connectivity index (χ1) is 11.1. The molecule has 5 nitrogen and oxygen atoms in total. The van der Waals surface area contributed by atoms with Crippen LogP contribution in [0.25, 0.3) is 0 Å². The highest BCUT2D eigenvalue weighted by atomic mass is 16.4. The van der Waals surface area contributed by atoms with Crippen molar-refractivity contribution in [3.05, 3.63) is 35.4 Å². The minimum absolute atomic E-state index is 0.123. The molecule has 1 aliphatic carbocycles. The average Bonchev–Trinajstić information content (AvgIpc) is 2.98. The summed E-state index contributed by atoms with van der Waals surface area (Å²) >= 11 is 0. The zero-order valence-corrected chi connectivity index (χ0v) is 13.3. The number of urea groups is 1. The monoisotopic (exact) mass is 316 g/mol. The minimum Gasteiger partial charge on any atom is -0.481 e. The number of carboxylic acids is 1. The number of carboxylic acid groups (broad SMARTS) is 1. The number of nitrogens with one attached hydrogen (secondary N) is 1. The Labute approximate surface area is 136 Å². The zero-order valence-electron chi connectivity index (χ0n) is 13.3. The lowest BCUT2D eigenvalue weighted by Gasteiger charge is -2.30. The molecule has 2 unspecified atom stereocenters. The predicted molar refractivity (Wildman–Crippen MR) is 87.5 cm³/mol. The molecule has 0 radical (unpaired) electrons. The summed E-state index contributed by atoms with van der Waals surface area (Å²) in [6.45, 7) is 1.63. The second kappa shape index (κ2) is 7.02. The summed E-state index contributed by atoms with van der Waals surface area (Å²) < 4.78 is 0. The summed E-state index contributed by atoms with van der Waals surface area (Å²) in [4.78, 5) is 24.9. The van der Waals surface area contributed by atoms with Crippen molar-refractivity contribution >= 4 is 12.0 Å². The number of rotatable bonds is 4. The number of aryl methyl sites for hydroxylation is 1. The van der Waals surface area contributed by atoms with E-state index in [9.17, 15) is 9.59 Å². The first-order valence-corrected chi connectivity index (χ1v) is 8.48. The van der Waals surface area contributed by atoms with Crippen molar-refractivity contribution in [3.63, 3.8) is 0 Å². The predicted octanol–water partition coefficient (Wildman–Crippen LogP) is 2.61. The second-order valence-corrected chi connectivity index (χ2v) is 6.58. The van der Waals surface area contributed by atoms with E-state index < -0.39 is 11.9 Å². The number of carbonyl (C=O) groups excluding carboxylic acids is 1. The average molecular weight is 316 g/mol. The van der Waals surface area contributed by atoms with Crippen LogP contribution in [0.4, 0.5) is 4.79 Å². The van der Waals surface area contributed by atoms with Crippen LogP contribution in [0.1, 0.15) is 42.7 Å². The van der Waals surface area contributed by atoms with Crippen LogP contribution in [0.15, 0.2) is 24.3 Å². The van der Waals surface area contributed by atoms with E-state index in [1.54, 1.807) is 4.90 Å². The smallest absolute Gasteiger partial charge is 0.317 e. The van der Waals surface area contributed by atoms with E-state index in [4.69, 9.17) is 5.11 Å². The number of benzene rings is 1. The summed E-state index contributed by atoms with van der Waals surface area (Å²) in [6.07, 6.45) is 4.65. The van der Waals surface area contributed by atoms with Gasteiger partial charge in [-0.15, -0.1) is 0 Å². The SMILES string of the molecule is O=C(O)C1CCCN(C(=O)NCCC2CCc3ccccc32)C1. The molecule has 1 saturated heterocycles. The van der Waals surface area contributed by atoms with Crippen LogP contribution >= 0.6 is 0 Å². The van der Waals surface area contributed by atoms with E-state index in [0.717, 1.165) is 25.7 Å². The fourth-order valence-electron chi connectivity index (χ4n) is 3.77. The number of aliphatic carboxylic acids is 1. The Hall–Kier alpha value is -2.04. The molecule has 5 heteroatoms. The summed E-state index contributed by atoms with van der Waals surface area (Å²) in [5.41, 5.74) is 2.86. The maximum atomic E-state index is 12.2. The van der Waals surface area contributed by atoms with Gasteiger partial charge < -0.3 is 15.3 Å². The number of piperidine rings is 1. The Kier molecular flexibility index (Phi) is 4.84. The Morgan fingerprint density at radius 2 is 2.09 bits per heavy atom. The summed E-state index contributed by atoms with van der Waals surface area (Å²) in [5.74, 6) is -0.694. The summed E-state index contributed by atoms with van der Waals surface area (Å²) in [6, 6.07) is 8.42. The van der Waals surface area contributed by atoms with Crippen LogP contribution in [0.3, 0.4) is 0 Å². The van der Waals surface area contributed by atoms with Crippen LogP contribution in [0.2, 0.25) is 0 Å². The third kappa shape index (κ3) is 3.66. The summed E-state index contributed by atoms with van der Waals surface area (Å²) in [5, 5.41) is 12.1. The first-order valence-electron chi connectivity index (χ1n) is 8.48. The molecule has 23 heavy (non-hydrogen) atoms. The number of likely N-dealkylation sites (tertiary alicyclic amines) is 1. The van der Waals surface area contributed by atoms with E-state index in [0.29, 0.717) is 32.0 Å². The van der Waals surface area contributed by atoms with E-state index in [1.807, 2.05) is 0 Å². The topological polar surface area (TPSA) is 69.6 Å². The Balaban J connectivity index is 1.46. The molecule has 2 atom stereocenters. The second-order valence-electron chi connectivity index (χ2n) is 6.58. The van der Waals surface area contributed by atoms with Crippen molar-refractivity contribution in [3.8, 4) is 0 Å². The highest BCUT2D eigenvalue weighted by Crippen LogP contribution is 2.34. The molecular weight excluding hydrogens is 292 g/mol. The third-order valence-electron chi connectivity index (χ3n) is 5.08. The van der Waals surface area contributed by atoms with Gasteiger partial charge in [-0.2, -0.15) is 0 Å². The molecule has 0 bridgehead atoms. The van der Waals surface area contributed by atoms with E-state index >= 15 is 0 Å². The van der Waals surface area contributed by atoms with Crippen molar-refractivity contribution < 1.29 is 14.7 Å². The standard InChI is InChI=1S/C18H24N2O3/c21-17(22)15-5-3-11-20(12-15)18(23)19-10-9-14-8-7-13-4-1-2-6-16(13)14/h1-2,4,6,14-15H,3,5,7-12H2,(H,19,23)(H,21,22). The molecule has 2 aliphatic rings. The molecule has 1 aliphatic heterocycles. The van der Waals surface area contributed by atoms with Crippen LogP contribution < -0.4 is 5.32 Å². The van der Waals surface area contributed by atoms with Crippen LogP contribution in [0.5, 0.6) is 0 Å². The van der Waals surface area contributed by atoms with E-state index in [2.05, 4.69) is 29.6 Å². The van der Waals surface area contributed by atoms with Gasteiger partial charge in [-0.25, -0.2) is 4.79 Å². The van der Waals surface area contributed by atoms with Gasteiger partial charge in [0.2, 0.25) is 0 Å². The van der Waals surface area contributed by atoms with E-state index in [1.165, 1.54) is 11.1 Å². The number of fused-ring (bicyclic) bond motifs is 1. The molecule has 1 aromatic carbocycles. The van der Waals surface area contributed by atoms with Crippen molar-refractivity contribution in [2.24, 2.45) is 5.92 Å². The minimum atomic E-state index is -0.801. The van der Waals surface area contributed by atoms with Crippen molar-refractivity contribution in [1.82, 2.24) is 10.2 Å². The van der Waals surface area contributed by atoms with Gasteiger partial charge in [0.25, 0.3) is 0 Å². The van der Waals surface area contributed by atoms with Crippen LogP contribution in [-0.4, -0.2) is 41.6 Å². The fraction of sp³-hybridized carbons (Fsp3) is 0.556. The Morgan fingerprint density at radius 3 is 2.91 bits per heavy atom. The first kappa shape index (κ1) is 15.8. The highest BCUT2D eigenvalue weighted by Gasteiger charge is 2.28. The normalized spacial score (nSPS) is 23.4. The van der Waals surface area contributed by atoms with Gasteiger partial charge in [-0.3, -0.25) is 4.79 Å². The molecule has 1 aromatic rings. The lowest BCUT2D eigenvalue weighted by atomic mass is 9.98. The van der Waals surface area contributed by atoms with Gasteiger partial charge in [0.05, 0.1) is 5.92 Å². The molecular formula is C18H24N2O3. The Morgan fingerprint density at radius 1 is 1.26 bits per heavy atom. The quantitative estimate of drug-likeness (QED) is 0.897. The van der Waals surface area contributed by atoms with Gasteiger partial charge in [0.15, 0.2) is 0 Å². The van der Waals surface area contributed by atoms with Crippen LogP contribution in [-0.2, 0) is 11.2 Å². The molecule has 124 valence electrons. The lowest BCUT2D eigenvalue weighted by molar-refractivity contribution is -0.143. The molecule has 0 spiro atoms. The number of hydrogen-bond acceptors (Lipinski definition) is 2. The van der Waals surface area contributed by atoms with Gasteiger partial charge in [0, 0.05) is 19.6 Å². The largest absolute Gasteiger partial charge is 0.481 e. The third-order valence-corrected chi connectivity index (χ3v) is 5.08. The van der Waals surface area contributed by atoms with Gasteiger partial charge in [-0.1, -0.05) is 24.3 Å². The molecule has 2 amide bonds. The fourth-order valence-corrected chi connectivity index (χ4v) is 3.77. The van der Waals surface area contributed by atoms with Crippen LogP contribution in [0, 0.1) is 5.92 Å². The molecule has 2 N–H and O–H groups in total. The molecule has 0 aromatic heterocycles. The van der Waals surface area contributed by atoms with Gasteiger partial charge >= 0.3 is 12.0 Å². The van der Waals surface area contributed by atoms with Crippen molar-refractivity contribution in [1.29, 1.82) is 0 Å². The molecule has 1 fully saturated rings. The number of carbonyl (C=O) groups is 2.